The predicted octanol–water partition coefficient (Wildman–Crippen LogP) is 1.22. The van der Waals surface area contributed by atoms with Crippen LogP contribution in [0.3, 0.4) is 0 Å². The average molecular weight is 395 g/mol. The highest BCUT2D eigenvalue weighted by Crippen LogP contribution is 2.69. The van der Waals surface area contributed by atoms with Crippen molar-refractivity contribution >= 4 is 11.6 Å². The van der Waals surface area contributed by atoms with Gasteiger partial charge in [-0.3, -0.25) is 9.59 Å². The van der Waals surface area contributed by atoms with Gasteiger partial charge in [0.05, 0.1) is 11.7 Å². The molecule has 0 saturated heterocycles. The summed E-state index contributed by atoms with van der Waals surface area (Å²) >= 11 is 0. The highest BCUT2D eigenvalue weighted by Gasteiger charge is 2.72. The van der Waals surface area contributed by atoms with E-state index < -0.39 is 40.5 Å². The second-order valence-corrected chi connectivity index (χ2v) is 10.7. The van der Waals surface area contributed by atoms with Gasteiger partial charge in [0.1, 0.15) is 18.0 Å². The summed E-state index contributed by atoms with van der Waals surface area (Å²) in [4.78, 5) is 24.6. The highest BCUT2D eigenvalue weighted by molar-refractivity contribution is 5.89. The third-order valence-corrected chi connectivity index (χ3v) is 9.77. The number of aliphatic hydroxyl groups is 4. The fraction of sp³-hybridized carbons (Fsp3) is 0.909. The molecule has 0 bridgehead atoms. The largest absolute Gasteiger partial charge is 0.393 e. The van der Waals surface area contributed by atoms with Crippen molar-refractivity contribution < 1.29 is 30.0 Å². The SMILES string of the molecule is CC1CC2C3CC[C@](O)(C(=O)CO)[C@@]3(C)C[C@H](O)C2[C@@]2(C)CCC(=O)C[C@]12O. The van der Waals surface area contributed by atoms with Crippen molar-refractivity contribution in [1.29, 1.82) is 0 Å². The summed E-state index contributed by atoms with van der Waals surface area (Å²) < 4.78 is 0. The van der Waals surface area contributed by atoms with Gasteiger partial charge in [0, 0.05) is 23.7 Å². The molecule has 0 amide bonds. The number of aliphatic hydroxyl groups excluding tert-OH is 2. The minimum atomic E-state index is -1.61. The van der Waals surface area contributed by atoms with E-state index in [0.29, 0.717) is 32.1 Å². The zero-order valence-electron chi connectivity index (χ0n) is 17.1. The van der Waals surface area contributed by atoms with Gasteiger partial charge in [-0.1, -0.05) is 20.8 Å². The van der Waals surface area contributed by atoms with Crippen molar-refractivity contribution in [1.82, 2.24) is 0 Å². The second kappa shape index (κ2) is 6.10. The van der Waals surface area contributed by atoms with Crippen LogP contribution in [-0.4, -0.2) is 55.9 Å². The Hall–Kier alpha value is -0.820. The molecule has 4 saturated carbocycles. The Labute approximate surface area is 166 Å². The maximum Gasteiger partial charge on any atom is 0.190 e. The minimum absolute atomic E-state index is 0.0443. The molecule has 0 aromatic carbocycles. The molecule has 0 heterocycles. The number of ketones is 2. The van der Waals surface area contributed by atoms with Crippen LogP contribution >= 0.6 is 0 Å². The molecule has 4 N–H and O–H groups in total. The van der Waals surface area contributed by atoms with Crippen LogP contribution in [0.5, 0.6) is 0 Å². The van der Waals surface area contributed by atoms with Gasteiger partial charge in [-0.05, 0) is 55.8 Å². The molecule has 4 aliphatic carbocycles. The molecule has 4 unspecified atom stereocenters. The van der Waals surface area contributed by atoms with Crippen molar-refractivity contribution in [3.05, 3.63) is 0 Å². The third kappa shape index (κ3) is 2.23. The van der Waals surface area contributed by atoms with Crippen LogP contribution in [-0.2, 0) is 9.59 Å². The molecular weight excluding hydrogens is 360 g/mol. The molecule has 28 heavy (non-hydrogen) atoms. The van der Waals surface area contributed by atoms with E-state index in [2.05, 4.69) is 0 Å². The van der Waals surface area contributed by atoms with E-state index in [1.54, 1.807) is 0 Å². The van der Waals surface area contributed by atoms with Gasteiger partial charge in [-0.15, -0.1) is 0 Å². The summed E-state index contributed by atoms with van der Waals surface area (Å²) in [5.41, 5.74) is -4.08. The number of carbonyl (C=O) groups is 2. The lowest BCUT2D eigenvalue weighted by atomic mass is 9.40. The van der Waals surface area contributed by atoms with Crippen molar-refractivity contribution in [2.75, 3.05) is 6.61 Å². The number of carbonyl (C=O) groups excluding carboxylic acids is 2. The summed E-state index contributed by atoms with van der Waals surface area (Å²) in [5.74, 6) is -0.612. The van der Waals surface area contributed by atoms with Gasteiger partial charge in [0.15, 0.2) is 5.78 Å². The lowest BCUT2D eigenvalue weighted by Crippen LogP contribution is -2.69. The van der Waals surface area contributed by atoms with Crippen LogP contribution in [0.2, 0.25) is 0 Å². The monoisotopic (exact) mass is 394 g/mol. The Bertz CT molecular complexity index is 707. The first-order chi connectivity index (χ1) is 12.9. The van der Waals surface area contributed by atoms with E-state index in [4.69, 9.17) is 0 Å². The summed E-state index contributed by atoms with van der Waals surface area (Å²) in [7, 11) is 0. The van der Waals surface area contributed by atoms with Crippen LogP contribution in [0.15, 0.2) is 0 Å². The van der Waals surface area contributed by atoms with Crippen LogP contribution in [0.25, 0.3) is 0 Å². The molecule has 0 spiro atoms. The average Bonchev–Trinajstić information content (AvgIpc) is 2.89. The van der Waals surface area contributed by atoms with Gasteiger partial charge in [0.2, 0.25) is 0 Å². The Morgan fingerprint density at radius 2 is 1.86 bits per heavy atom. The number of rotatable bonds is 2. The Morgan fingerprint density at radius 3 is 2.50 bits per heavy atom. The van der Waals surface area contributed by atoms with Crippen molar-refractivity contribution in [2.24, 2.45) is 34.5 Å². The lowest BCUT2D eigenvalue weighted by Gasteiger charge is -2.66. The normalized spacial score (nSPS) is 56.0. The molecule has 0 aromatic heterocycles. The van der Waals surface area contributed by atoms with Gasteiger partial charge in [-0.25, -0.2) is 0 Å². The van der Waals surface area contributed by atoms with Crippen molar-refractivity contribution in [3.8, 4) is 0 Å². The molecule has 0 radical (unpaired) electrons. The summed E-state index contributed by atoms with van der Waals surface area (Å²) in [6, 6.07) is 0. The molecule has 9 atom stereocenters. The third-order valence-electron chi connectivity index (χ3n) is 9.77. The first-order valence-electron chi connectivity index (χ1n) is 10.7. The molecule has 0 aromatic rings. The molecule has 4 aliphatic rings. The van der Waals surface area contributed by atoms with Crippen LogP contribution in [0.4, 0.5) is 0 Å². The Morgan fingerprint density at radius 1 is 1.18 bits per heavy atom. The second-order valence-electron chi connectivity index (χ2n) is 10.7. The predicted molar refractivity (Wildman–Crippen MR) is 101 cm³/mol. The maximum absolute atomic E-state index is 12.4. The standard InChI is InChI=1S/C22H34O6/c1-12-8-14-15-5-7-21(27,17(26)11-23)20(15,3)10-16(25)18(14)19(2)6-4-13(24)9-22(12,19)28/h12,14-16,18,23,25,27-28H,4-11H2,1-3H3/t12?,14?,15?,16-,18?,19+,20-,21-,22-/m0/s1. The lowest BCUT2D eigenvalue weighted by molar-refractivity contribution is -0.257. The molecule has 6 heteroatoms. The molecule has 158 valence electrons. The number of hydrogen-bond acceptors (Lipinski definition) is 6. The Balaban J connectivity index is 1.77. The zero-order valence-corrected chi connectivity index (χ0v) is 17.1. The van der Waals surface area contributed by atoms with Crippen molar-refractivity contribution in [3.63, 3.8) is 0 Å². The van der Waals surface area contributed by atoms with Crippen LogP contribution < -0.4 is 0 Å². The van der Waals surface area contributed by atoms with Gasteiger partial charge in [-0.2, -0.15) is 0 Å². The number of fused-ring (bicyclic) bond motifs is 5. The number of Topliss-reactive ketones (excluding diaryl/α,β-unsaturated/α-hetero) is 2. The first kappa shape index (κ1) is 20.5. The van der Waals surface area contributed by atoms with E-state index in [1.807, 2.05) is 20.8 Å². The van der Waals surface area contributed by atoms with E-state index in [0.717, 1.165) is 0 Å². The fourth-order valence-electron chi connectivity index (χ4n) is 8.18. The topological polar surface area (TPSA) is 115 Å². The molecular formula is C22H34O6. The molecule has 4 fully saturated rings. The van der Waals surface area contributed by atoms with E-state index in [9.17, 15) is 30.0 Å². The number of hydrogen-bond donors (Lipinski definition) is 4. The summed E-state index contributed by atoms with van der Waals surface area (Å²) in [6.45, 7) is 5.21. The quantitative estimate of drug-likeness (QED) is 0.560. The van der Waals surface area contributed by atoms with Crippen LogP contribution in [0.1, 0.15) is 65.7 Å². The first-order valence-corrected chi connectivity index (χ1v) is 10.7. The summed E-state index contributed by atoms with van der Waals surface area (Å²) in [6.07, 6.45) is 2.30. The summed E-state index contributed by atoms with van der Waals surface area (Å²) in [5, 5.41) is 43.6. The van der Waals surface area contributed by atoms with Crippen molar-refractivity contribution in [2.45, 2.75) is 83.0 Å². The smallest absolute Gasteiger partial charge is 0.190 e. The van der Waals surface area contributed by atoms with E-state index in [1.165, 1.54) is 0 Å². The zero-order chi connectivity index (χ0) is 20.7. The van der Waals surface area contributed by atoms with E-state index in [-0.39, 0.29) is 42.3 Å². The van der Waals surface area contributed by atoms with Crippen LogP contribution in [0, 0.1) is 34.5 Å². The maximum atomic E-state index is 12.4. The Kier molecular flexibility index (Phi) is 4.45. The van der Waals surface area contributed by atoms with Gasteiger partial charge in [0.25, 0.3) is 0 Å². The van der Waals surface area contributed by atoms with Gasteiger partial charge < -0.3 is 20.4 Å². The van der Waals surface area contributed by atoms with Gasteiger partial charge >= 0.3 is 0 Å². The van der Waals surface area contributed by atoms with E-state index >= 15 is 0 Å². The molecule has 6 nitrogen and oxygen atoms in total. The fourth-order valence-corrected chi connectivity index (χ4v) is 8.18. The minimum Gasteiger partial charge on any atom is -0.393 e. The molecule has 0 aliphatic heterocycles. The molecule has 4 rings (SSSR count). The highest BCUT2D eigenvalue weighted by atomic mass is 16.3.